The van der Waals surface area contributed by atoms with Gasteiger partial charge in [-0.1, -0.05) is 17.3 Å². The first-order valence-electron chi connectivity index (χ1n) is 8.04. The number of fused-ring (bicyclic) bond motifs is 1. The molecule has 24 heavy (non-hydrogen) atoms. The minimum atomic E-state index is 0.378. The molecule has 0 atom stereocenters. The lowest BCUT2D eigenvalue weighted by molar-refractivity contribution is 0.174. The number of imidazole rings is 1. The molecule has 1 fully saturated rings. The summed E-state index contributed by atoms with van der Waals surface area (Å²) in [6.45, 7) is 4.74. The summed E-state index contributed by atoms with van der Waals surface area (Å²) in [5, 5.41) is 3.90. The Morgan fingerprint density at radius 2 is 2.00 bits per heavy atom. The molecule has 8 nitrogen and oxygen atoms in total. The van der Waals surface area contributed by atoms with Crippen molar-refractivity contribution in [2.75, 3.05) is 38.2 Å². The Balaban J connectivity index is 1.35. The van der Waals surface area contributed by atoms with Crippen LogP contribution in [0.4, 0.5) is 5.95 Å². The summed E-state index contributed by atoms with van der Waals surface area (Å²) < 4.78 is 10.3. The van der Waals surface area contributed by atoms with E-state index in [4.69, 9.17) is 9.26 Å². The molecule has 1 saturated heterocycles. The Labute approximate surface area is 139 Å². The highest BCUT2D eigenvalue weighted by molar-refractivity contribution is 5.77. The van der Waals surface area contributed by atoms with Crippen LogP contribution in [0, 0.1) is 0 Å². The molecular weight excluding hydrogens is 308 g/mol. The Bertz CT molecular complexity index is 773. The fraction of sp³-hybridized carbons (Fsp3) is 0.438. The van der Waals surface area contributed by atoms with E-state index in [0.717, 1.165) is 43.2 Å². The summed E-state index contributed by atoms with van der Waals surface area (Å²) in [4.78, 5) is 17.0. The van der Waals surface area contributed by atoms with Crippen molar-refractivity contribution in [3.63, 3.8) is 0 Å². The van der Waals surface area contributed by atoms with Gasteiger partial charge in [0.1, 0.15) is 6.61 Å². The van der Waals surface area contributed by atoms with Crippen LogP contribution in [0.3, 0.4) is 0 Å². The van der Waals surface area contributed by atoms with Crippen molar-refractivity contribution in [3.8, 4) is 0 Å². The third-order valence-corrected chi connectivity index (χ3v) is 4.19. The second kappa shape index (κ2) is 6.58. The highest BCUT2D eigenvalue weighted by Crippen LogP contribution is 2.18. The number of H-pyrrole nitrogens is 1. The van der Waals surface area contributed by atoms with Crippen LogP contribution >= 0.6 is 0 Å². The molecule has 3 aromatic rings. The number of benzene rings is 1. The zero-order chi connectivity index (χ0) is 16.4. The van der Waals surface area contributed by atoms with Crippen LogP contribution in [0.25, 0.3) is 11.0 Å². The molecule has 4 rings (SSSR count). The molecule has 1 aromatic carbocycles. The predicted octanol–water partition coefficient (Wildman–Crippen LogP) is 1.41. The van der Waals surface area contributed by atoms with E-state index in [2.05, 4.69) is 36.0 Å². The molecular formula is C16H20N6O2. The van der Waals surface area contributed by atoms with Crippen molar-refractivity contribution in [2.24, 2.45) is 0 Å². The molecule has 0 unspecified atom stereocenters. The molecule has 0 saturated carbocycles. The van der Waals surface area contributed by atoms with E-state index < -0.39 is 0 Å². The number of aromatic amines is 1. The topological polar surface area (TPSA) is 83.3 Å². The SMILES string of the molecule is COCc1noc(CN2CCN(c3nc4ccccc4[nH]3)CC2)n1. The molecule has 0 radical (unpaired) electrons. The number of piperazine rings is 1. The lowest BCUT2D eigenvalue weighted by atomic mass is 10.3. The predicted molar refractivity (Wildman–Crippen MR) is 88.6 cm³/mol. The monoisotopic (exact) mass is 328 g/mol. The molecule has 8 heteroatoms. The molecule has 1 aliphatic rings. The number of nitrogens with zero attached hydrogens (tertiary/aromatic N) is 5. The van der Waals surface area contributed by atoms with E-state index in [1.54, 1.807) is 7.11 Å². The van der Waals surface area contributed by atoms with Crippen molar-refractivity contribution in [1.82, 2.24) is 25.0 Å². The van der Waals surface area contributed by atoms with Gasteiger partial charge in [0.25, 0.3) is 0 Å². The molecule has 126 valence electrons. The number of aromatic nitrogens is 4. The normalized spacial score (nSPS) is 16.1. The Hall–Kier alpha value is -2.45. The van der Waals surface area contributed by atoms with Crippen LogP contribution in [-0.4, -0.2) is 58.3 Å². The van der Waals surface area contributed by atoms with E-state index in [1.807, 2.05) is 18.2 Å². The number of anilines is 1. The maximum absolute atomic E-state index is 5.26. The van der Waals surface area contributed by atoms with E-state index in [-0.39, 0.29) is 0 Å². The van der Waals surface area contributed by atoms with Crippen molar-refractivity contribution >= 4 is 17.0 Å². The van der Waals surface area contributed by atoms with Gasteiger partial charge in [0.05, 0.1) is 17.6 Å². The highest BCUT2D eigenvalue weighted by Gasteiger charge is 2.21. The van der Waals surface area contributed by atoms with Crippen LogP contribution in [0.2, 0.25) is 0 Å². The summed E-state index contributed by atoms with van der Waals surface area (Å²) in [6.07, 6.45) is 0. The lowest BCUT2D eigenvalue weighted by Gasteiger charge is -2.33. The molecule has 0 bridgehead atoms. The van der Waals surface area contributed by atoms with Crippen molar-refractivity contribution in [2.45, 2.75) is 13.2 Å². The number of hydrogen-bond donors (Lipinski definition) is 1. The molecule has 0 aliphatic carbocycles. The minimum absolute atomic E-state index is 0.378. The first-order chi connectivity index (χ1) is 11.8. The number of nitrogens with one attached hydrogen (secondary N) is 1. The van der Waals surface area contributed by atoms with Crippen LogP contribution in [0.1, 0.15) is 11.7 Å². The van der Waals surface area contributed by atoms with Gasteiger partial charge in [-0.15, -0.1) is 0 Å². The fourth-order valence-electron chi connectivity index (χ4n) is 2.94. The molecule has 3 heterocycles. The summed E-state index contributed by atoms with van der Waals surface area (Å²) >= 11 is 0. The summed E-state index contributed by atoms with van der Waals surface area (Å²) in [5.74, 6) is 2.17. The number of ether oxygens (including phenoxy) is 1. The van der Waals surface area contributed by atoms with Gasteiger partial charge in [0.15, 0.2) is 5.82 Å². The fourth-order valence-corrected chi connectivity index (χ4v) is 2.94. The third-order valence-electron chi connectivity index (χ3n) is 4.19. The van der Waals surface area contributed by atoms with Gasteiger partial charge in [0.2, 0.25) is 11.8 Å². The average molecular weight is 328 g/mol. The second-order valence-corrected chi connectivity index (χ2v) is 5.88. The number of rotatable bonds is 5. The third kappa shape index (κ3) is 3.10. The number of methoxy groups -OCH3 is 1. The summed E-state index contributed by atoms with van der Waals surface area (Å²) in [7, 11) is 1.62. The Morgan fingerprint density at radius 3 is 2.79 bits per heavy atom. The van der Waals surface area contributed by atoms with E-state index in [1.165, 1.54) is 0 Å². The number of para-hydroxylation sites is 2. The van der Waals surface area contributed by atoms with Gasteiger partial charge in [-0.05, 0) is 12.1 Å². The van der Waals surface area contributed by atoms with Crippen LogP contribution in [0.15, 0.2) is 28.8 Å². The molecule has 0 spiro atoms. The lowest BCUT2D eigenvalue weighted by Crippen LogP contribution is -2.46. The van der Waals surface area contributed by atoms with E-state index in [9.17, 15) is 0 Å². The van der Waals surface area contributed by atoms with E-state index in [0.29, 0.717) is 24.9 Å². The standard InChI is InChI=1S/C16H20N6O2/c1-23-11-14-19-15(24-20-14)10-21-6-8-22(9-7-21)16-17-12-4-2-3-5-13(12)18-16/h2-5H,6-11H2,1H3,(H,17,18). The van der Waals surface area contributed by atoms with Gasteiger partial charge in [-0.25, -0.2) is 4.98 Å². The zero-order valence-electron chi connectivity index (χ0n) is 13.6. The van der Waals surface area contributed by atoms with Crippen molar-refractivity contribution < 1.29 is 9.26 Å². The quantitative estimate of drug-likeness (QED) is 0.758. The van der Waals surface area contributed by atoms with Crippen molar-refractivity contribution in [3.05, 3.63) is 36.0 Å². The van der Waals surface area contributed by atoms with Gasteiger partial charge in [0, 0.05) is 33.3 Å². The van der Waals surface area contributed by atoms with Crippen LogP contribution < -0.4 is 4.90 Å². The van der Waals surface area contributed by atoms with Crippen LogP contribution in [-0.2, 0) is 17.9 Å². The molecule has 0 amide bonds. The molecule has 1 N–H and O–H groups in total. The van der Waals surface area contributed by atoms with Gasteiger partial charge < -0.3 is 19.1 Å². The average Bonchev–Trinajstić information content (AvgIpc) is 3.22. The smallest absolute Gasteiger partial charge is 0.240 e. The summed E-state index contributed by atoms with van der Waals surface area (Å²) in [5.41, 5.74) is 2.08. The van der Waals surface area contributed by atoms with Crippen LogP contribution in [0.5, 0.6) is 0 Å². The van der Waals surface area contributed by atoms with Crippen molar-refractivity contribution in [1.29, 1.82) is 0 Å². The Kier molecular flexibility index (Phi) is 4.14. The van der Waals surface area contributed by atoms with Gasteiger partial charge in [-0.2, -0.15) is 4.98 Å². The largest absolute Gasteiger partial charge is 0.377 e. The number of hydrogen-bond acceptors (Lipinski definition) is 7. The summed E-state index contributed by atoms with van der Waals surface area (Å²) in [6, 6.07) is 8.10. The maximum atomic E-state index is 5.26. The highest BCUT2D eigenvalue weighted by atomic mass is 16.5. The van der Waals surface area contributed by atoms with Gasteiger partial charge in [-0.3, -0.25) is 4.90 Å². The first kappa shape index (κ1) is 15.1. The second-order valence-electron chi connectivity index (χ2n) is 5.88. The first-order valence-corrected chi connectivity index (χ1v) is 8.04. The van der Waals surface area contributed by atoms with Gasteiger partial charge >= 0.3 is 0 Å². The van der Waals surface area contributed by atoms with E-state index >= 15 is 0 Å². The molecule has 2 aromatic heterocycles. The Morgan fingerprint density at radius 1 is 1.17 bits per heavy atom. The zero-order valence-corrected chi connectivity index (χ0v) is 13.6. The maximum Gasteiger partial charge on any atom is 0.240 e. The minimum Gasteiger partial charge on any atom is -0.377 e. The molecule has 1 aliphatic heterocycles.